The number of nitrogens with zero attached hydrogens (tertiary/aromatic N) is 3. The van der Waals surface area contributed by atoms with Gasteiger partial charge in [0.25, 0.3) is 0 Å². The zero-order valence-electron chi connectivity index (χ0n) is 9.20. The molecule has 5 nitrogen and oxygen atoms in total. The maximum atomic E-state index is 13.5. The minimum Gasteiger partial charge on any atom is -0.322 e. The Bertz CT molecular complexity index is 634. The summed E-state index contributed by atoms with van der Waals surface area (Å²) < 4.78 is 15.2. The van der Waals surface area contributed by atoms with Gasteiger partial charge in [-0.25, -0.2) is 9.07 Å². The SMILES string of the molecule is O=C(Cn1nc(Cl)nc1Cl)Nc1ccc(Br)cc1F. The van der Waals surface area contributed by atoms with Crippen molar-refractivity contribution in [3.63, 3.8) is 0 Å². The van der Waals surface area contributed by atoms with Crippen LogP contribution in [0.1, 0.15) is 0 Å². The molecule has 0 fully saturated rings. The minimum atomic E-state index is -0.551. The lowest BCUT2D eigenvalue weighted by Gasteiger charge is -2.06. The third kappa shape index (κ3) is 3.65. The summed E-state index contributed by atoms with van der Waals surface area (Å²) in [6.45, 7) is -0.214. The van der Waals surface area contributed by atoms with Gasteiger partial charge in [0.2, 0.25) is 16.5 Å². The van der Waals surface area contributed by atoms with Crippen molar-refractivity contribution in [3.05, 3.63) is 39.1 Å². The Kier molecular flexibility index (Phi) is 4.38. The lowest BCUT2D eigenvalue weighted by molar-refractivity contribution is -0.116. The van der Waals surface area contributed by atoms with Crippen LogP contribution in [-0.2, 0) is 11.3 Å². The monoisotopic (exact) mass is 366 g/mol. The van der Waals surface area contributed by atoms with Crippen molar-refractivity contribution in [1.82, 2.24) is 14.8 Å². The fraction of sp³-hybridized carbons (Fsp3) is 0.100. The van der Waals surface area contributed by atoms with Gasteiger partial charge in [-0.05, 0) is 41.4 Å². The predicted molar refractivity (Wildman–Crippen MR) is 72.8 cm³/mol. The molecule has 1 amide bonds. The van der Waals surface area contributed by atoms with Gasteiger partial charge in [0.05, 0.1) is 5.69 Å². The Hall–Kier alpha value is -1.18. The second-order valence-corrected chi connectivity index (χ2v) is 5.07. The number of benzene rings is 1. The van der Waals surface area contributed by atoms with Gasteiger partial charge in [0.15, 0.2) is 0 Å². The van der Waals surface area contributed by atoms with Crippen molar-refractivity contribution in [1.29, 1.82) is 0 Å². The summed E-state index contributed by atoms with van der Waals surface area (Å²) in [7, 11) is 0. The standard InChI is InChI=1S/C10H6BrCl2FN4O/c11-5-1-2-7(6(14)3-5)15-8(19)4-18-10(13)16-9(12)17-18/h1-3H,4H2,(H,15,19). The number of hydrogen-bond donors (Lipinski definition) is 1. The average Bonchev–Trinajstić information content (AvgIpc) is 2.61. The second kappa shape index (κ2) is 5.85. The van der Waals surface area contributed by atoms with Crippen LogP contribution in [0.3, 0.4) is 0 Å². The molecule has 1 N–H and O–H groups in total. The van der Waals surface area contributed by atoms with Crippen molar-refractivity contribution in [2.45, 2.75) is 6.54 Å². The molecule has 19 heavy (non-hydrogen) atoms. The first-order chi connectivity index (χ1) is 8.95. The largest absolute Gasteiger partial charge is 0.322 e. The van der Waals surface area contributed by atoms with Gasteiger partial charge in [-0.15, -0.1) is 5.10 Å². The van der Waals surface area contributed by atoms with Crippen molar-refractivity contribution >= 4 is 50.7 Å². The van der Waals surface area contributed by atoms with Crippen molar-refractivity contribution in [2.24, 2.45) is 0 Å². The van der Waals surface area contributed by atoms with E-state index in [1.54, 1.807) is 6.07 Å². The van der Waals surface area contributed by atoms with Crippen molar-refractivity contribution < 1.29 is 9.18 Å². The summed E-state index contributed by atoms with van der Waals surface area (Å²) in [5.74, 6) is -1.05. The van der Waals surface area contributed by atoms with E-state index in [4.69, 9.17) is 23.2 Å². The molecule has 0 aliphatic rings. The molecule has 1 heterocycles. The molecular weight excluding hydrogens is 362 g/mol. The molecule has 1 aromatic heterocycles. The minimum absolute atomic E-state index is 0.0172. The summed E-state index contributed by atoms with van der Waals surface area (Å²) in [5, 5.41) is 6.02. The Morgan fingerprint density at radius 3 is 2.79 bits per heavy atom. The molecule has 9 heteroatoms. The van der Waals surface area contributed by atoms with Crippen LogP contribution >= 0.6 is 39.1 Å². The lowest BCUT2D eigenvalue weighted by Crippen LogP contribution is -2.20. The van der Waals surface area contributed by atoms with Crippen molar-refractivity contribution in [2.75, 3.05) is 5.32 Å². The highest BCUT2D eigenvalue weighted by atomic mass is 79.9. The first-order valence-corrected chi connectivity index (χ1v) is 6.51. The van der Waals surface area contributed by atoms with Gasteiger partial charge in [-0.1, -0.05) is 15.9 Å². The van der Waals surface area contributed by atoms with Crippen molar-refractivity contribution in [3.8, 4) is 0 Å². The topological polar surface area (TPSA) is 59.8 Å². The van der Waals surface area contributed by atoms with Crippen LogP contribution < -0.4 is 5.32 Å². The fourth-order valence-corrected chi connectivity index (χ4v) is 2.04. The Labute approximate surface area is 125 Å². The highest BCUT2D eigenvalue weighted by Gasteiger charge is 2.12. The van der Waals surface area contributed by atoms with Gasteiger partial charge in [-0.3, -0.25) is 4.79 Å². The first kappa shape index (κ1) is 14.2. The average molecular weight is 368 g/mol. The number of carbonyl (C=O) groups excluding carboxylic acids is 1. The quantitative estimate of drug-likeness (QED) is 0.906. The fourth-order valence-electron chi connectivity index (χ4n) is 1.31. The van der Waals surface area contributed by atoms with Crippen LogP contribution in [0.25, 0.3) is 0 Å². The third-order valence-corrected chi connectivity index (χ3v) is 3.03. The van der Waals surface area contributed by atoms with E-state index >= 15 is 0 Å². The number of amides is 1. The summed E-state index contributed by atoms with van der Waals surface area (Å²) in [4.78, 5) is 15.3. The van der Waals surface area contributed by atoms with E-state index in [1.165, 1.54) is 12.1 Å². The molecule has 0 aliphatic heterocycles. The zero-order valence-corrected chi connectivity index (χ0v) is 12.3. The lowest BCUT2D eigenvalue weighted by atomic mass is 10.3. The Balaban J connectivity index is 2.07. The number of anilines is 1. The maximum absolute atomic E-state index is 13.5. The van der Waals surface area contributed by atoms with Crippen LogP contribution in [0.15, 0.2) is 22.7 Å². The molecule has 100 valence electrons. The molecule has 0 unspecified atom stereocenters. The van der Waals surface area contributed by atoms with Crippen LogP contribution in [0.5, 0.6) is 0 Å². The Morgan fingerprint density at radius 2 is 2.21 bits per heavy atom. The number of rotatable bonds is 3. The van der Waals surface area contributed by atoms with Gasteiger partial charge < -0.3 is 5.32 Å². The molecule has 1 aromatic carbocycles. The highest BCUT2D eigenvalue weighted by molar-refractivity contribution is 9.10. The smallest absolute Gasteiger partial charge is 0.246 e. The van der Waals surface area contributed by atoms with Gasteiger partial charge in [-0.2, -0.15) is 4.98 Å². The summed E-state index contributed by atoms with van der Waals surface area (Å²) in [6, 6.07) is 4.29. The third-order valence-electron chi connectivity index (χ3n) is 2.10. The molecule has 0 bridgehead atoms. The second-order valence-electron chi connectivity index (χ2n) is 3.48. The molecular formula is C10H6BrCl2FN4O. The molecule has 2 rings (SSSR count). The van der Waals surface area contributed by atoms with Crippen LogP contribution in [-0.4, -0.2) is 20.7 Å². The molecule has 0 radical (unpaired) electrons. The van der Waals surface area contributed by atoms with Gasteiger partial charge in [0, 0.05) is 4.47 Å². The summed E-state index contributed by atoms with van der Waals surface area (Å²) in [6.07, 6.45) is 0. The van der Waals surface area contributed by atoms with E-state index in [-0.39, 0.29) is 22.8 Å². The highest BCUT2D eigenvalue weighted by Crippen LogP contribution is 2.19. The molecule has 0 saturated heterocycles. The van der Waals surface area contributed by atoms with E-state index in [1.807, 2.05) is 0 Å². The first-order valence-electron chi connectivity index (χ1n) is 4.96. The number of carbonyl (C=O) groups is 1. The summed E-state index contributed by atoms with van der Waals surface area (Å²) in [5.41, 5.74) is 0.0653. The number of halogens is 4. The van der Waals surface area contributed by atoms with Gasteiger partial charge in [0.1, 0.15) is 12.4 Å². The normalized spacial score (nSPS) is 10.5. The number of aromatic nitrogens is 3. The predicted octanol–water partition coefficient (Wildman–Crippen LogP) is 3.13. The molecule has 0 aliphatic carbocycles. The molecule has 2 aromatic rings. The Morgan fingerprint density at radius 1 is 1.47 bits per heavy atom. The van der Waals surface area contributed by atoms with Crippen LogP contribution in [0, 0.1) is 5.82 Å². The van der Waals surface area contributed by atoms with E-state index < -0.39 is 11.7 Å². The maximum Gasteiger partial charge on any atom is 0.246 e. The number of hydrogen-bond acceptors (Lipinski definition) is 3. The zero-order chi connectivity index (χ0) is 14.0. The van der Waals surface area contributed by atoms with E-state index in [9.17, 15) is 9.18 Å². The molecule has 0 spiro atoms. The molecule has 0 atom stereocenters. The number of nitrogens with one attached hydrogen (secondary N) is 1. The van der Waals surface area contributed by atoms with E-state index in [2.05, 4.69) is 31.3 Å². The molecule has 0 saturated carbocycles. The van der Waals surface area contributed by atoms with E-state index in [0.29, 0.717) is 4.47 Å². The van der Waals surface area contributed by atoms with Crippen LogP contribution in [0.2, 0.25) is 10.6 Å². The van der Waals surface area contributed by atoms with Crippen LogP contribution in [0.4, 0.5) is 10.1 Å². The van der Waals surface area contributed by atoms with E-state index in [0.717, 1.165) is 4.68 Å². The summed E-state index contributed by atoms with van der Waals surface area (Å²) >= 11 is 14.3. The van der Waals surface area contributed by atoms with Gasteiger partial charge >= 0.3 is 0 Å².